The summed E-state index contributed by atoms with van der Waals surface area (Å²) >= 11 is 1.64. The molecular weight excluding hydrogens is 374 g/mol. The van der Waals surface area contributed by atoms with Gasteiger partial charge in [0.1, 0.15) is 6.54 Å². The van der Waals surface area contributed by atoms with Crippen LogP contribution in [0.1, 0.15) is 13.8 Å². The minimum absolute atomic E-state index is 0.0242. The minimum Gasteiger partial charge on any atom is -0.480 e. The van der Waals surface area contributed by atoms with Gasteiger partial charge in [0.2, 0.25) is 0 Å². The molecule has 26 heavy (non-hydrogen) atoms. The molecule has 2 aromatic rings. The van der Waals surface area contributed by atoms with Gasteiger partial charge >= 0.3 is 5.97 Å². The van der Waals surface area contributed by atoms with Gasteiger partial charge in [-0.25, -0.2) is 8.42 Å². The van der Waals surface area contributed by atoms with E-state index in [0.717, 1.165) is 16.0 Å². The molecule has 0 bridgehead atoms. The molecule has 1 N–H and O–H groups in total. The van der Waals surface area contributed by atoms with Crippen LogP contribution < -0.4 is 0 Å². The van der Waals surface area contributed by atoms with E-state index < -0.39 is 28.6 Å². The molecule has 0 aliphatic rings. The van der Waals surface area contributed by atoms with Gasteiger partial charge in [0.05, 0.1) is 11.0 Å². The van der Waals surface area contributed by atoms with E-state index in [1.807, 2.05) is 30.5 Å². The van der Waals surface area contributed by atoms with Crippen molar-refractivity contribution in [2.24, 2.45) is 0 Å². The number of rotatable bonds is 8. The fourth-order valence-corrected chi connectivity index (χ4v) is 3.93. The van der Waals surface area contributed by atoms with Crippen LogP contribution in [0.4, 0.5) is 0 Å². The molecule has 0 fully saturated rings. The second kappa shape index (κ2) is 8.68. The van der Waals surface area contributed by atoms with Crippen molar-refractivity contribution in [3.8, 4) is 11.1 Å². The van der Waals surface area contributed by atoms with Crippen molar-refractivity contribution < 1.29 is 23.2 Å². The summed E-state index contributed by atoms with van der Waals surface area (Å²) in [4.78, 5) is 17.3. The Hall–Kier alpha value is -1.87. The number of hydrogen-bond donors (Lipinski definition) is 1. The molecule has 8 heteroatoms. The van der Waals surface area contributed by atoms with E-state index in [-0.39, 0.29) is 4.90 Å². The molecule has 2 aromatic carbocycles. The first kappa shape index (κ1) is 20.4. The lowest BCUT2D eigenvalue weighted by Gasteiger charge is -2.22. The monoisotopic (exact) mass is 395 g/mol. The number of carboxylic acid groups (broad SMARTS) is 1. The van der Waals surface area contributed by atoms with Gasteiger partial charge in [0.15, 0.2) is 0 Å². The van der Waals surface area contributed by atoms with E-state index in [0.29, 0.717) is 4.47 Å². The van der Waals surface area contributed by atoms with Crippen LogP contribution in [0.25, 0.3) is 11.1 Å². The summed E-state index contributed by atoms with van der Waals surface area (Å²) in [6, 6.07) is 14.2. The zero-order chi connectivity index (χ0) is 19.3. The summed E-state index contributed by atoms with van der Waals surface area (Å²) in [6.07, 6.45) is 1.52. The zero-order valence-corrected chi connectivity index (χ0v) is 16.4. The van der Waals surface area contributed by atoms with Crippen LogP contribution in [-0.2, 0) is 19.7 Å². The Morgan fingerprint density at radius 3 is 2.00 bits per heavy atom. The zero-order valence-electron chi connectivity index (χ0n) is 14.7. The second-order valence-electron chi connectivity index (χ2n) is 5.77. The SMILES string of the molecule is CSc1ccc(-c2ccc(S(=O)(=O)N(CC(=O)O)OC(C)C)cc2)cc1. The number of hydrogen-bond acceptors (Lipinski definition) is 5. The molecule has 0 heterocycles. The van der Waals surface area contributed by atoms with Gasteiger partial charge in [-0.2, -0.15) is 0 Å². The maximum absolute atomic E-state index is 12.7. The van der Waals surface area contributed by atoms with Crippen molar-refractivity contribution in [3.63, 3.8) is 0 Å². The van der Waals surface area contributed by atoms with Gasteiger partial charge in [-0.15, -0.1) is 11.8 Å². The topological polar surface area (TPSA) is 83.9 Å². The number of thioether (sulfide) groups is 1. The molecule has 6 nitrogen and oxygen atoms in total. The van der Waals surface area contributed by atoms with Gasteiger partial charge in [-0.05, 0) is 55.5 Å². The van der Waals surface area contributed by atoms with Crippen molar-refractivity contribution in [2.45, 2.75) is 29.7 Å². The molecule has 0 atom stereocenters. The van der Waals surface area contributed by atoms with Crippen molar-refractivity contribution >= 4 is 27.8 Å². The molecule has 0 saturated heterocycles. The normalized spacial score (nSPS) is 11.9. The number of benzene rings is 2. The van der Waals surface area contributed by atoms with Gasteiger partial charge in [0.25, 0.3) is 10.0 Å². The smallest absolute Gasteiger partial charge is 0.321 e. The lowest BCUT2D eigenvalue weighted by atomic mass is 10.1. The highest BCUT2D eigenvalue weighted by molar-refractivity contribution is 7.98. The number of hydroxylamine groups is 1. The molecule has 0 spiro atoms. The summed E-state index contributed by atoms with van der Waals surface area (Å²) < 4.78 is 25.9. The molecule has 0 saturated carbocycles. The van der Waals surface area contributed by atoms with Crippen molar-refractivity contribution in [1.29, 1.82) is 0 Å². The fourth-order valence-electron chi connectivity index (χ4n) is 2.24. The molecule has 0 radical (unpaired) electrons. The number of nitrogens with zero attached hydrogens (tertiary/aromatic N) is 1. The number of sulfonamides is 1. The first-order valence-corrected chi connectivity index (χ1v) is 10.6. The first-order chi connectivity index (χ1) is 12.2. The molecule has 0 aliphatic heterocycles. The third-order valence-corrected chi connectivity index (χ3v) is 5.80. The van der Waals surface area contributed by atoms with E-state index in [1.54, 1.807) is 37.7 Å². The molecule has 2 rings (SSSR count). The molecule has 140 valence electrons. The van der Waals surface area contributed by atoms with E-state index in [2.05, 4.69) is 0 Å². The molecule has 0 unspecified atom stereocenters. The van der Waals surface area contributed by atoms with Crippen LogP contribution in [0, 0.1) is 0 Å². The predicted octanol–water partition coefficient (Wildman–Crippen LogP) is 3.49. The van der Waals surface area contributed by atoms with E-state index in [4.69, 9.17) is 9.94 Å². The average Bonchev–Trinajstić information content (AvgIpc) is 2.60. The predicted molar refractivity (Wildman–Crippen MR) is 101 cm³/mol. The Morgan fingerprint density at radius 2 is 1.58 bits per heavy atom. The Balaban J connectivity index is 2.30. The van der Waals surface area contributed by atoms with E-state index in [1.165, 1.54) is 12.1 Å². The second-order valence-corrected chi connectivity index (χ2v) is 8.48. The first-order valence-electron chi connectivity index (χ1n) is 7.90. The minimum atomic E-state index is -4.07. The summed E-state index contributed by atoms with van der Waals surface area (Å²) in [5, 5.41) is 8.95. The largest absolute Gasteiger partial charge is 0.480 e. The Morgan fingerprint density at radius 1 is 1.08 bits per heavy atom. The van der Waals surface area contributed by atoms with Crippen LogP contribution in [-0.4, -0.2) is 42.9 Å². The summed E-state index contributed by atoms with van der Waals surface area (Å²) in [5.41, 5.74) is 1.83. The maximum Gasteiger partial charge on any atom is 0.321 e. The number of aliphatic carboxylic acids is 1. The average molecular weight is 396 g/mol. The third-order valence-electron chi connectivity index (χ3n) is 3.44. The van der Waals surface area contributed by atoms with Crippen LogP contribution in [0.5, 0.6) is 0 Å². The highest BCUT2D eigenvalue weighted by Crippen LogP contribution is 2.25. The van der Waals surface area contributed by atoms with Crippen molar-refractivity contribution in [3.05, 3.63) is 48.5 Å². The Bertz CT molecular complexity index is 846. The van der Waals surface area contributed by atoms with Crippen LogP contribution in [0.2, 0.25) is 0 Å². The molecular formula is C18H21NO5S2. The van der Waals surface area contributed by atoms with Gasteiger partial charge in [-0.1, -0.05) is 28.7 Å². The highest BCUT2D eigenvalue weighted by atomic mass is 32.2. The van der Waals surface area contributed by atoms with E-state index in [9.17, 15) is 13.2 Å². The van der Waals surface area contributed by atoms with Crippen LogP contribution in [0.3, 0.4) is 0 Å². The van der Waals surface area contributed by atoms with Crippen molar-refractivity contribution in [1.82, 2.24) is 4.47 Å². The molecule has 0 amide bonds. The standard InChI is InChI=1S/C18H21NO5S2/c1-13(2)24-19(12-18(20)21)26(22,23)17-10-6-15(7-11-17)14-4-8-16(25-3)9-5-14/h4-11,13H,12H2,1-3H3,(H,20,21). The number of carboxylic acids is 1. The van der Waals surface area contributed by atoms with Gasteiger partial charge in [-0.3, -0.25) is 9.63 Å². The van der Waals surface area contributed by atoms with Crippen LogP contribution >= 0.6 is 11.8 Å². The van der Waals surface area contributed by atoms with Gasteiger partial charge < -0.3 is 5.11 Å². The lowest BCUT2D eigenvalue weighted by molar-refractivity contribution is -0.156. The quantitative estimate of drug-likeness (QED) is 0.544. The molecule has 0 aromatic heterocycles. The molecule has 0 aliphatic carbocycles. The van der Waals surface area contributed by atoms with Gasteiger partial charge in [0, 0.05) is 4.90 Å². The fraction of sp³-hybridized carbons (Fsp3) is 0.278. The summed E-state index contributed by atoms with van der Waals surface area (Å²) in [5.74, 6) is -1.29. The lowest BCUT2D eigenvalue weighted by Crippen LogP contribution is -2.37. The summed E-state index contributed by atoms with van der Waals surface area (Å²) in [7, 11) is -4.07. The maximum atomic E-state index is 12.7. The third kappa shape index (κ3) is 5.07. The number of carbonyl (C=O) groups is 1. The Labute approximate surface area is 157 Å². The highest BCUT2D eigenvalue weighted by Gasteiger charge is 2.28. The van der Waals surface area contributed by atoms with Crippen molar-refractivity contribution in [2.75, 3.05) is 12.8 Å². The van der Waals surface area contributed by atoms with E-state index >= 15 is 0 Å². The van der Waals surface area contributed by atoms with Crippen LogP contribution in [0.15, 0.2) is 58.3 Å². The summed E-state index contributed by atoms with van der Waals surface area (Å²) in [6.45, 7) is 2.50. The Kier molecular flexibility index (Phi) is 6.82.